The quantitative estimate of drug-likeness (QED) is 0.636. The molecule has 25 heavy (non-hydrogen) atoms. The van der Waals surface area contributed by atoms with Crippen LogP contribution >= 0.6 is 11.6 Å². The van der Waals surface area contributed by atoms with Crippen LogP contribution in [0.25, 0.3) is 21.6 Å². The molecule has 1 aliphatic heterocycles. The van der Waals surface area contributed by atoms with Crippen LogP contribution in [0.1, 0.15) is 19.4 Å². The fourth-order valence-electron chi connectivity index (χ4n) is 3.11. The molecule has 0 fully saturated rings. The first-order valence-corrected chi connectivity index (χ1v) is 8.13. The van der Waals surface area contributed by atoms with Gasteiger partial charge in [-0.15, -0.1) is 0 Å². The van der Waals surface area contributed by atoms with Crippen LogP contribution in [-0.2, 0) is 0 Å². The molecule has 5 nitrogen and oxygen atoms in total. The Morgan fingerprint density at radius 1 is 1.24 bits per heavy atom. The Hall–Kier alpha value is -2.97. The third kappa shape index (κ3) is 2.51. The van der Waals surface area contributed by atoms with Crippen LogP contribution in [0.5, 0.6) is 5.75 Å². The molecule has 0 saturated heterocycles. The predicted molar refractivity (Wildman–Crippen MR) is 99.9 cm³/mol. The first-order valence-electron chi connectivity index (χ1n) is 7.75. The van der Waals surface area contributed by atoms with E-state index in [1.165, 1.54) is 0 Å². The fourth-order valence-corrected chi connectivity index (χ4v) is 3.27. The normalized spacial score (nSPS) is 15.2. The maximum absolute atomic E-state index is 7.28. The molecular formula is C19H15ClN4O. The number of hydrogen-bond donors (Lipinski definition) is 1. The number of halogens is 1. The van der Waals surface area contributed by atoms with Gasteiger partial charge < -0.3 is 10.5 Å². The third-order valence-electron chi connectivity index (χ3n) is 4.11. The summed E-state index contributed by atoms with van der Waals surface area (Å²) in [5.41, 5.74) is 9.47. The summed E-state index contributed by atoms with van der Waals surface area (Å²) in [6.07, 6.45) is 2.00. The summed E-state index contributed by atoms with van der Waals surface area (Å²) in [7, 11) is 0. The summed E-state index contributed by atoms with van der Waals surface area (Å²) < 4.78 is 7.92. The van der Waals surface area contributed by atoms with E-state index >= 15 is 0 Å². The molecule has 3 aromatic rings. The summed E-state index contributed by atoms with van der Waals surface area (Å²) in [6, 6.07) is 10.9. The molecule has 0 bridgehead atoms. The van der Waals surface area contributed by atoms with Gasteiger partial charge in [0.05, 0.1) is 23.3 Å². The molecule has 0 spiro atoms. The minimum atomic E-state index is -0.516. The Morgan fingerprint density at radius 3 is 2.80 bits per heavy atom. The molecule has 0 amide bonds. The van der Waals surface area contributed by atoms with E-state index in [4.69, 9.17) is 28.6 Å². The molecule has 2 heterocycles. The van der Waals surface area contributed by atoms with E-state index in [-0.39, 0.29) is 0 Å². The Kier molecular flexibility index (Phi) is 3.28. The van der Waals surface area contributed by atoms with E-state index in [1.807, 2.05) is 48.8 Å². The van der Waals surface area contributed by atoms with E-state index in [1.54, 1.807) is 12.1 Å². The minimum Gasteiger partial charge on any atom is -0.483 e. The van der Waals surface area contributed by atoms with Crippen molar-refractivity contribution in [3.05, 3.63) is 64.5 Å². The number of nitrogens with two attached hydrogens (primary N) is 1. The molecule has 0 unspecified atom stereocenters. The molecule has 0 atom stereocenters. The van der Waals surface area contributed by atoms with Crippen molar-refractivity contribution in [3.8, 4) is 5.75 Å². The van der Waals surface area contributed by atoms with E-state index in [2.05, 4.69) is 9.83 Å². The number of fused-ring (bicyclic) bond motifs is 2. The topological polar surface area (TPSA) is 57.4 Å². The van der Waals surface area contributed by atoms with Gasteiger partial charge in [-0.1, -0.05) is 17.7 Å². The zero-order valence-corrected chi connectivity index (χ0v) is 14.5. The van der Waals surface area contributed by atoms with Crippen LogP contribution in [0, 0.1) is 6.57 Å². The largest absolute Gasteiger partial charge is 0.483 e. The molecule has 6 heteroatoms. The van der Waals surface area contributed by atoms with Crippen molar-refractivity contribution in [3.63, 3.8) is 0 Å². The lowest BCUT2D eigenvalue weighted by molar-refractivity contribution is 0.157. The van der Waals surface area contributed by atoms with E-state index < -0.39 is 5.60 Å². The molecule has 4 rings (SSSR count). The maximum Gasteiger partial charge on any atom is 0.205 e. The molecule has 2 N–H and O–H groups in total. The van der Waals surface area contributed by atoms with Crippen molar-refractivity contribution < 1.29 is 4.74 Å². The van der Waals surface area contributed by atoms with Crippen molar-refractivity contribution >= 4 is 40.0 Å². The van der Waals surface area contributed by atoms with Gasteiger partial charge in [0.2, 0.25) is 5.95 Å². The number of aromatic nitrogens is 2. The second-order valence-electron chi connectivity index (χ2n) is 6.47. The van der Waals surface area contributed by atoms with Gasteiger partial charge in [-0.2, -0.15) is 0 Å². The van der Waals surface area contributed by atoms with E-state index in [9.17, 15) is 0 Å². The highest BCUT2D eigenvalue weighted by Crippen LogP contribution is 2.41. The van der Waals surface area contributed by atoms with Crippen LogP contribution in [-0.4, -0.2) is 15.2 Å². The predicted octanol–water partition coefficient (Wildman–Crippen LogP) is 4.88. The van der Waals surface area contributed by atoms with E-state index in [0.29, 0.717) is 22.4 Å². The number of imidazole rings is 1. The molecule has 2 aromatic carbocycles. The standard InChI is InChI=1S/C19H15ClN4O/c1-19(2)10-16(13-9-12(22-3)5-7-17(13)25-19)24-15-6-4-11(20)8-14(15)23-18(24)21/h4-10H,1-2H3,(H2,21,23). The van der Waals surface area contributed by atoms with Crippen LogP contribution in [0.3, 0.4) is 0 Å². The lowest BCUT2D eigenvalue weighted by atomic mass is 9.98. The summed E-state index contributed by atoms with van der Waals surface area (Å²) in [6.45, 7) is 11.2. The van der Waals surface area contributed by atoms with Crippen molar-refractivity contribution in [2.75, 3.05) is 5.73 Å². The van der Waals surface area contributed by atoms with Gasteiger partial charge in [-0.05, 0) is 50.3 Å². The monoisotopic (exact) mass is 350 g/mol. The van der Waals surface area contributed by atoms with Crippen LogP contribution in [0.15, 0.2) is 42.5 Å². The minimum absolute atomic E-state index is 0.361. The SMILES string of the molecule is [C-]#[N+]c1ccc2c(c1)C(n1c(N)nc3cc(Cl)ccc31)=CC(C)(C)O2. The summed E-state index contributed by atoms with van der Waals surface area (Å²) in [5.74, 6) is 1.07. The third-order valence-corrected chi connectivity index (χ3v) is 4.34. The smallest absolute Gasteiger partial charge is 0.205 e. The van der Waals surface area contributed by atoms with Crippen LogP contribution in [0.2, 0.25) is 5.02 Å². The zero-order valence-electron chi connectivity index (χ0n) is 13.7. The van der Waals surface area contributed by atoms with Crippen LogP contribution < -0.4 is 10.5 Å². The highest BCUT2D eigenvalue weighted by atomic mass is 35.5. The lowest BCUT2D eigenvalue weighted by Gasteiger charge is -2.32. The molecule has 0 radical (unpaired) electrons. The number of benzene rings is 2. The number of nitrogens with zero attached hydrogens (tertiary/aromatic N) is 3. The molecule has 0 aliphatic carbocycles. The van der Waals surface area contributed by atoms with Gasteiger partial charge in [0.25, 0.3) is 0 Å². The summed E-state index contributed by atoms with van der Waals surface area (Å²) in [4.78, 5) is 7.95. The zero-order chi connectivity index (χ0) is 17.8. The molecule has 1 aliphatic rings. The maximum atomic E-state index is 7.28. The Morgan fingerprint density at radius 2 is 2.04 bits per heavy atom. The fraction of sp³-hybridized carbons (Fsp3) is 0.158. The Labute approximate surface area is 150 Å². The Balaban J connectivity index is 2.03. The van der Waals surface area contributed by atoms with Crippen molar-refractivity contribution in [1.29, 1.82) is 0 Å². The average molecular weight is 351 g/mol. The Bertz CT molecular complexity index is 1090. The number of hydrogen-bond acceptors (Lipinski definition) is 3. The first-order chi connectivity index (χ1) is 11.9. The lowest BCUT2D eigenvalue weighted by Crippen LogP contribution is -2.30. The van der Waals surface area contributed by atoms with Gasteiger partial charge in [-0.3, -0.25) is 4.57 Å². The molecule has 0 saturated carbocycles. The van der Waals surface area contributed by atoms with Gasteiger partial charge in [0, 0.05) is 10.6 Å². The van der Waals surface area contributed by atoms with Gasteiger partial charge in [0.1, 0.15) is 11.4 Å². The summed E-state index contributed by atoms with van der Waals surface area (Å²) >= 11 is 6.07. The second-order valence-corrected chi connectivity index (χ2v) is 6.90. The van der Waals surface area contributed by atoms with Crippen LogP contribution in [0.4, 0.5) is 11.6 Å². The van der Waals surface area contributed by atoms with Crippen molar-refractivity contribution in [1.82, 2.24) is 9.55 Å². The second kappa shape index (κ2) is 5.27. The van der Waals surface area contributed by atoms with Gasteiger partial charge in [-0.25, -0.2) is 9.83 Å². The average Bonchev–Trinajstić information content (AvgIpc) is 2.87. The summed E-state index contributed by atoms with van der Waals surface area (Å²) in [5, 5.41) is 0.606. The highest BCUT2D eigenvalue weighted by Gasteiger charge is 2.29. The van der Waals surface area contributed by atoms with Gasteiger partial charge in [0.15, 0.2) is 5.69 Å². The molecular weight excluding hydrogens is 336 g/mol. The number of nitrogen functional groups attached to an aromatic ring is 1. The number of anilines is 1. The van der Waals surface area contributed by atoms with Crippen molar-refractivity contribution in [2.45, 2.75) is 19.4 Å². The molecule has 124 valence electrons. The van der Waals surface area contributed by atoms with Gasteiger partial charge >= 0.3 is 0 Å². The van der Waals surface area contributed by atoms with Crippen molar-refractivity contribution in [2.24, 2.45) is 0 Å². The highest BCUT2D eigenvalue weighted by molar-refractivity contribution is 6.31. The number of ether oxygens (including phenoxy) is 1. The molecule has 1 aromatic heterocycles. The first kappa shape index (κ1) is 15.6. The number of rotatable bonds is 1. The van der Waals surface area contributed by atoms with E-state index in [0.717, 1.165) is 22.3 Å².